The Morgan fingerprint density at radius 2 is 1.95 bits per heavy atom. The number of halogens is 3. The molecule has 0 N–H and O–H groups in total. The molecule has 3 nitrogen and oxygen atoms in total. The SMILES string of the molecule is C#Cc1cnn2c1CN(c1ccc(C(F)(F)F)cc1)C[C@@H]2C. The molecule has 0 bridgehead atoms. The molecular formula is C16H14F3N3. The molecule has 1 aliphatic rings. The maximum absolute atomic E-state index is 12.6. The molecule has 3 rings (SSSR count). The fourth-order valence-electron chi connectivity index (χ4n) is 2.75. The Balaban J connectivity index is 1.90. The molecule has 1 aromatic carbocycles. The monoisotopic (exact) mass is 305 g/mol. The molecule has 0 amide bonds. The smallest absolute Gasteiger partial charge is 0.363 e. The minimum absolute atomic E-state index is 0.105. The number of rotatable bonds is 1. The Labute approximate surface area is 126 Å². The van der Waals surface area contributed by atoms with Gasteiger partial charge in [-0.3, -0.25) is 4.68 Å². The number of benzene rings is 1. The molecule has 22 heavy (non-hydrogen) atoms. The van der Waals surface area contributed by atoms with Gasteiger partial charge in [0.1, 0.15) is 0 Å². The molecule has 2 aromatic rings. The molecule has 0 saturated carbocycles. The summed E-state index contributed by atoms with van der Waals surface area (Å²) < 4.78 is 39.8. The van der Waals surface area contributed by atoms with Crippen molar-refractivity contribution in [1.29, 1.82) is 0 Å². The van der Waals surface area contributed by atoms with Gasteiger partial charge in [0.25, 0.3) is 0 Å². The second kappa shape index (κ2) is 5.09. The van der Waals surface area contributed by atoms with E-state index in [1.165, 1.54) is 12.1 Å². The van der Waals surface area contributed by atoms with Gasteiger partial charge in [0, 0.05) is 12.2 Å². The highest BCUT2D eigenvalue weighted by Crippen LogP contribution is 2.32. The molecule has 114 valence electrons. The fourth-order valence-corrected chi connectivity index (χ4v) is 2.75. The quantitative estimate of drug-likeness (QED) is 0.752. The summed E-state index contributed by atoms with van der Waals surface area (Å²) in [6.07, 6.45) is 2.81. The molecule has 6 heteroatoms. The lowest BCUT2D eigenvalue weighted by Crippen LogP contribution is -2.36. The molecule has 1 atom stereocenters. The highest BCUT2D eigenvalue weighted by Gasteiger charge is 2.31. The van der Waals surface area contributed by atoms with Gasteiger partial charge in [-0.1, -0.05) is 5.92 Å². The summed E-state index contributed by atoms with van der Waals surface area (Å²) in [6.45, 7) is 3.21. The van der Waals surface area contributed by atoms with E-state index in [-0.39, 0.29) is 6.04 Å². The predicted molar refractivity (Wildman–Crippen MR) is 77.4 cm³/mol. The zero-order valence-electron chi connectivity index (χ0n) is 11.9. The molecule has 1 aliphatic heterocycles. The number of terminal acetylenes is 1. The average molecular weight is 305 g/mol. The summed E-state index contributed by atoms with van der Waals surface area (Å²) in [5.74, 6) is 2.60. The first-order chi connectivity index (χ1) is 10.4. The van der Waals surface area contributed by atoms with Gasteiger partial charge < -0.3 is 4.90 Å². The van der Waals surface area contributed by atoms with Crippen molar-refractivity contribution in [2.45, 2.75) is 25.7 Å². The van der Waals surface area contributed by atoms with Crippen LogP contribution in [0.15, 0.2) is 30.5 Å². The lowest BCUT2D eigenvalue weighted by molar-refractivity contribution is -0.137. The van der Waals surface area contributed by atoms with Crippen LogP contribution in [-0.2, 0) is 12.7 Å². The van der Waals surface area contributed by atoms with Gasteiger partial charge in [-0.2, -0.15) is 18.3 Å². The zero-order chi connectivity index (χ0) is 15.9. The van der Waals surface area contributed by atoms with Crippen LogP contribution >= 0.6 is 0 Å². The van der Waals surface area contributed by atoms with Crippen molar-refractivity contribution in [3.8, 4) is 12.3 Å². The van der Waals surface area contributed by atoms with Crippen molar-refractivity contribution in [3.05, 3.63) is 47.3 Å². The lowest BCUT2D eigenvalue weighted by Gasteiger charge is -2.34. The van der Waals surface area contributed by atoms with E-state index >= 15 is 0 Å². The minimum atomic E-state index is -4.32. The Hall–Kier alpha value is -2.42. The molecule has 2 heterocycles. The highest BCUT2D eigenvalue weighted by molar-refractivity contribution is 5.50. The van der Waals surface area contributed by atoms with E-state index in [2.05, 4.69) is 11.0 Å². The van der Waals surface area contributed by atoms with E-state index in [0.717, 1.165) is 29.1 Å². The predicted octanol–water partition coefficient (Wildman–Crippen LogP) is 3.46. The van der Waals surface area contributed by atoms with Gasteiger partial charge in [0.15, 0.2) is 0 Å². The van der Waals surface area contributed by atoms with Crippen LogP contribution in [0.25, 0.3) is 0 Å². The Kier molecular flexibility index (Phi) is 3.36. The van der Waals surface area contributed by atoms with Crippen LogP contribution in [0.2, 0.25) is 0 Å². The standard InChI is InChI=1S/C16H14F3N3/c1-3-12-8-20-22-11(2)9-21(10-15(12)22)14-6-4-13(5-7-14)16(17,18)19/h1,4-8,11H,9-10H2,2H3/t11-/m0/s1. The molecule has 1 aromatic heterocycles. The number of anilines is 1. The number of hydrogen-bond donors (Lipinski definition) is 0. The Morgan fingerprint density at radius 3 is 2.55 bits per heavy atom. The number of fused-ring (bicyclic) bond motifs is 1. The first-order valence-corrected chi connectivity index (χ1v) is 6.85. The van der Waals surface area contributed by atoms with Crippen LogP contribution in [0.3, 0.4) is 0 Å². The van der Waals surface area contributed by atoms with Gasteiger partial charge in [0.2, 0.25) is 0 Å². The van der Waals surface area contributed by atoms with Gasteiger partial charge in [-0.25, -0.2) is 0 Å². The first kappa shape index (κ1) is 14.5. The molecule has 0 spiro atoms. The maximum Gasteiger partial charge on any atom is 0.416 e. The van der Waals surface area contributed by atoms with Crippen LogP contribution in [0, 0.1) is 12.3 Å². The molecule has 0 fully saturated rings. The Bertz CT molecular complexity index is 723. The van der Waals surface area contributed by atoms with E-state index in [4.69, 9.17) is 6.42 Å². The van der Waals surface area contributed by atoms with Crippen molar-refractivity contribution in [3.63, 3.8) is 0 Å². The number of hydrogen-bond acceptors (Lipinski definition) is 2. The van der Waals surface area contributed by atoms with E-state index in [0.29, 0.717) is 13.1 Å². The van der Waals surface area contributed by atoms with Gasteiger partial charge in [-0.15, -0.1) is 6.42 Å². The van der Waals surface area contributed by atoms with E-state index < -0.39 is 11.7 Å². The summed E-state index contributed by atoms with van der Waals surface area (Å²) in [4.78, 5) is 2.02. The third kappa shape index (κ3) is 2.43. The lowest BCUT2D eigenvalue weighted by atomic mass is 10.1. The van der Waals surface area contributed by atoms with Crippen molar-refractivity contribution in [2.75, 3.05) is 11.4 Å². The average Bonchev–Trinajstić information content (AvgIpc) is 2.90. The minimum Gasteiger partial charge on any atom is -0.363 e. The largest absolute Gasteiger partial charge is 0.416 e. The van der Waals surface area contributed by atoms with Crippen LogP contribution in [-0.4, -0.2) is 16.3 Å². The van der Waals surface area contributed by atoms with Crippen molar-refractivity contribution in [2.24, 2.45) is 0 Å². The van der Waals surface area contributed by atoms with Gasteiger partial charge in [-0.05, 0) is 31.2 Å². The zero-order valence-corrected chi connectivity index (χ0v) is 11.9. The highest BCUT2D eigenvalue weighted by atomic mass is 19.4. The Morgan fingerprint density at radius 1 is 1.27 bits per heavy atom. The summed E-state index contributed by atoms with van der Waals surface area (Å²) in [5.41, 5.74) is 1.75. The van der Waals surface area contributed by atoms with Crippen molar-refractivity contribution >= 4 is 5.69 Å². The summed E-state index contributed by atoms with van der Waals surface area (Å²) in [7, 11) is 0. The second-order valence-corrected chi connectivity index (χ2v) is 5.37. The van der Waals surface area contributed by atoms with Gasteiger partial charge in [0.05, 0.1) is 35.6 Å². The molecule has 0 unspecified atom stereocenters. The molecular weight excluding hydrogens is 291 g/mol. The second-order valence-electron chi connectivity index (χ2n) is 5.37. The normalized spacial score (nSPS) is 18.0. The summed E-state index contributed by atoms with van der Waals surface area (Å²) >= 11 is 0. The third-order valence-electron chi connectivity index (χ3n) is 3.86. The first-order valence-electron chi connectivity index (χ1n) is 6.85. The topological polar surface area (TPSA) is 21.1 Å². The summed E-state index contributed by atoms with van der Waals surface area (Å²) in [5, 5.41) is 4.28. The van der Waals surface area contributed by atoms with E-state index in [9.17, 15) is 13.2 Å². The van der Waals surface area contributed by atoms with Gasteiger partial charge >= 0.3 is 6.18 Å². The van der Waals surface area contributed by atoms with Crippen LogP contribution in [0.1, 0.15) is 29.8 Å². The number of nitrogens with zero attached hydrogens (tertiary/aromatic N) is 3. The molecule has 0 radical (unpaired) electrons. The number of alkyl halides is 3. The molecule has 0 aliphatic carbocycles. The van der Waals surface area contributed by atoms with Crippen LogP contribution in [0.4, 0.5) is 18.9 Å². The maximum atomic E-state index is 12.6. The third-order valence-corrected chi connectivity index (χ3v) is 3.86. The summed E-state index contributed by atoms with van der Waals surface area (Å²) in [6, 6.07) is 5.31. The fraction of sp³-hybridized carbons (Fsp3) is 0.312. The van der Waals surface area contributed by atoms with E-state index in [1.807, 2.05) is 16.5 Å². The molecule has 0 saturated heterocycles. The van der Waals surface area contributed by atoms with E-state index in [1.54, 1.807) is 6.20 Å². The van der Waals surface area contributed by atoms with Crippen LogP contribution < -0.4 is 4.90 Å². The van der Waals surface area contributed by atoms with Crippen molar-refractivity contribution < 1.29 is 13.2 Å². The van der Waals surface area contributed by atoms with Crippen LogP contribution in [0.5, 0.6) is 0 Å². The number of aromatic nitrogens is 2. The van der Waals surface area contributed by atoms with Crippen molar-refractivity contribution in [1.82, 2.24) is 9.78 Å².